The van der Waals surface area contributed by atoms with Crippen LogP contribution in [0.5, 0.6) is 5.75 Å². The Morgan fingerprint density at radius 3 is 2.45 bits per heavy atom. The Hall–Kier alpha value is -1.75. The summed E-state index contributed by atoms with van der Waals surface area (Å²) in [5, 5.41) is 0.338. The van der Waals surface area contributed by atoms with E-state index in [-0.39, 0.29) is 16.9 Å². The van der Waals surface area contributed by atoms with Crippen LogP contribution in [-0.4, -0.2) is 7.11 Å². The Labute approximate surface area is 117 Å². The molecular weight excluding hydrogens is 296 g/mol. The molecule has 1 nitrogen and oxygen atoms in total. The normalized spacial score (nSPS) is 11.5. The van der Waals surface area contributed by atoms with Gasteiger partial charge in [0.2, 0.25) is 0 Å². The molecule has 0 unspecified atom stereocenters. The average molecular weight is 304 g/mol. The summed E-state index contributed by atoms with van der Waals surface area (Å²) >= 11 is 5.77. The van der Waals surface area contributed by atoms with Crippen molar-refractivity contribution >= 4 is 11.6 Å². The quantitative estimate of drug-likeness (QED) is 0.711. The number of halogens is 5. The first kappa shape index (κ1) is 14.7. The van der Waals surface area contributed by atoms with E-state index in [1.807, 2.05) is 6.07 Å². The van der Waals surface area contributed by atoms with Gasteiger partial charge in [-0.05, 0) is 24.3 Å². The van der Waals surface area contributed by atoms with Crippen LogP contribution in [0.15, 0.2) is 30.3 Å². The summed E-state index contributed by atoms with van der Waals surface area (Å²) in [6.07, 6.45) is -4.81. The molecule has 0 bridgehead atoms. The van der Waals surface area contributed by atoms with Crippen LogP contribution in [0.25, 0.3) is 11.1 Å². The molecule has 0 amide bonds. The third kappa shape index (κ3) is 2.72. The molecule has 0 aromatic heterocycles. The lowest BCUT2D eigenvalue weighted by molar-refractivity contribution is -0.140. The maximum absolute atomic E-state index is 14.0. The van der Waals surface area contributed by atoms with Crippen LogP contribution in [0.2, 0.25) is 5.02 Å². The third-order valence-electron chi connectivity index (χ3n) is 2.67. The van der Waals surface area contributed by atoms with Crippen LogP contribution < -0.4 is 4.74 Å². The van der Waals surface area contributed by atoms with Crippen LogP contribution >= 0.6 is 11.6 Å². The second-order valence-corrected chi connectivity index (χ2v) is 4.36. The zero-order valence-electron chi connectivity index (χ0n) is 10.2. The van der Waals surface area contributed by atoms with E-state index in [4.69, 9.17) is 16.3 Å². The largest absolute Gasteiger partial charge is 0.496 e. The smallest absolute Gasteiger partial charge is 0.419 e. The lowest BCUT2D eigenvalue weighted by atomic mass is 10.0. The first-order chi connectivity index (χ1) is 9.34. The second kappa shape index (κ2) is 5.32. The van der Waals surface area contributed by atoms with Crippen molar-refractivity contribution in [2.45, 2.75) is 6.18 Å². The molecule has 20 heavy (non-hydrogen) atoms. The molecule has 2 aromatic rings. The average Bonchev–Trinajstić information content (AvgIpc) is 2.38. The van der Waals surface area contributed by atoms with E-state index < -0.39 is 17.6 Å². The van der Waals surface area contributed by atoms with Gasteiger partial charge in [0.15, 0.2) is 0 Å². The summed E-state index contributed by atoms with van der Waals surface area (Å²) in [6.45, 7) is 0. The first-order valence-electron chi connectivity index (χ1n) is 5.46. The maximum Gasteiger partial charge on any atom is 0.419 e. The van der Waals surface area contributed by atoms with Crippen molar-refractivity contribution in [3.05, 3.63) is 52.8 Å². The zero-order chi connectivity index (χ0) is 14.9. The molecule has 0 aliphatic heterocycles. The minimum Gasteiger partial charge on any atom is -0.496 e. The van der Waals surface area contributed by atoms with Crippen molar-refractivity contribution in [3.8, 4) is 16.9 Å². The lowest BCUT2D eigenvalue weighted by Crippen LogP contribution is -2.09. The molecule has 0 atom stereocenters. The van der Waals surface area contributed by atoms with Gasteiger partial charge >= 0.3 is 6.18 Å². The van der Waals surface area contributed by atoms with E-state index in [0.29, 0.717) is 5.02 Å². The fourth-order valence-corrected chi connectivity index (χ4v) is 1.94. The topological polar surface area (TPSA) is 9.23 Å². The number of rotatable bonds is 2. The molecule has 0 N–H and O–H groups in total. The van der Waals surface area contributed by atoms with Crippen molar-refractivity contribution in [2.75, 3.05) is 7.11 Å². The van der Waals surface area contributed by atoms with Crippen LogP contribution in [0.4, 0.5) is 17.6 Å². The maximum atomic E-state index is 14.0. The monoisotopic (exact) mass is 303 g/mol. The van der Waals surface area contributed by atoms with Gasteiger partial charge in [-0.2, -0.15) is 13.2 Å². The van der Waals surface area contributed by atoms with Crippen molar-refractivity contribution in [2.24, 2.45) is 0 Å². The molecule has 0 saturated heterocycles. The highest BCUT2D eigenvalue weighted by molar-refractivity contribution is 6.30. The van der Waals surface area contributed by atoms with Gasteiger partial charge in [0.05, 0.1) is 12.7 Å². The molecule has 0 fully saturated rings. The summed E-state index contributed by atoms with van der Waals surface area (Å²) in [4.78, 5) is 0. The van der Waals surface area contributed by atoms with Gasteiger partial charge < -0.3 is 4.74 Å². The van der Waals surface area contributed by atoms with Crippen LogP contribution in [0.3, 0.4) is 0 Å². The van der Waals surface area contributed by atoms with E-state index in [2.05, 4.69) is 0 Å². The van der Waals surface area contributed by atoms with Crippen molar-refractivity contribution < 1.29 is 22.3 Å². The minimum atomic E-state index is -4.81. The lowest BCUT2D eigenvalue weighted by Gasteiger charge is -2.13. The van der Waals surface area contributed by atoms with Gasteiger partial charge in [-0.25, -0.2) is 4.39 Å². The standard InChI is InChI=1S/C14H8ClF4O/c1-20-12-7-8(15)5-6-9(12)10-3-2-4-11(13(10)16)14(17,18)19/h2-3,5-7H,1H3. The van der Waals surface area contributed by atoms with Gasteiger partial charge in [0, 0.05) is 16.1 Å². The predicted molar refractivity (Wildman–Crippen MR) is 67.2 cm³/mol. The van der Waals surface area contributed by atoms with Crippen LogP contribution in [0, 0.1) is 11.9 Å². The Kier molecular flexibility index (Phi) is 3.90. The highest BCUT2D eigenvalue weighted by Crippen LogP contribution is 2.38. The Bertz CT molecular complexity index is 638. The summed E-state index contributed by atoms with van der Waals surface area (Å²) in [5.41, 5.74) is -1.47. The van der Waals surface area contributed by atoms with Crippen molar-refractivity contribution in [3.63, 3.8) is 0 Å². The molecule has 2 rings (SSSR count). The van der Waals surface area contributed by atoms with E-state index in [1.165, 1.54) is 31.4 Å². The number of hydrogen-bond acceptors (Lipinski definition) is 1. The molecule has 0 saturated carbocycles. The summed E-state index contributed by atoms with van der Waals surface area (Å²) < 4.78 is 57.1. The van der Waals surface area contributed by atoms with Crippen LogP contribution in [-0.2, 0) is 6.18 Å². The molecule has 0 heterocycles. The molecule has 0 aliphatic carbocycles. The van der Waals surface area contributed by atoms with Gasteiger partial charge in [-0.3, -0.25) is 0 Å². The van der Waals surface area contributed by atoms with Crippen molar-refractivity contribution in [1.29, 1.82) is 0 Å². The fourth-order valence-electron chi connectivity index (χ4n) is 1.78. The first-order valence-corrected chi connectivity index (χ1v) is 5.83. The number of ether oxygens (including phenoxy) is 1. The van der Waals surface area contributed by atoms with E-state index in [1.54, 1.807) is 0 Å². The highest BCUT2D eigenvalue weighted by atomic mass is 35.5. The van der Waals surface area contributed by atoms with Gasteiger partial charge in [0.25, 0.3) is 0 Å². The van der Waals surface area contributed by atoms with Gasteiger partial charge in [0.1, 0.15) is 11.6 Å². The Morgan fingerprint density at radius 1 is 1.15 bits per heavy atom. The molecular formula is C14H8ClF4O. The van der Waals surface area contributed by atoms with Gasteiger partial charge in [-0.15, -0.1) is 0 Å². The molecule has 0 aliphatic rings. The number of alkyl halides is 3. The zero-order valence-corrected chi connectivity index (χ0v) is 10.9. The Balaban J connectivity index is 2.65. The van der Waals surface area contributed by atoms with Crippen LogP contribution in [0.1, 0.15) is 5.56 Å². The number of benzene rings is 2. The Morgan fingerprint density at radius 2 is 1.85 bits per heavy atom. The fraction of sp³-hybridized carbons (Fsp3) is 0.143. The van der Waals surface area contributed by atoms with Gasteiger partial charge in [-0.1, -0.05) is 23.7 Å². The third-order valence-corrected chi connectivity index (χ3v) is 2.91. The number of methoxy groups -OCH3 is 1. The summed E-state index contributed by atoms with van der Waals surface area (Å²) in [5.74, 6) is -1.20. The molecule has 1 radical (unpaired) electrons. The van der Waals surface area contributed by atoms with E-state index in [0.717, 1.165) is 6.07 Å². The SMILES string of the molecule is COc1cc(Cl)ccc1-c1cc[c]c(C(F)(F)F)c1F. The molecule has 105 valence electrons. The summed E-state index contributed by atoms with van der Waals surface area (Å²) in [7, 11) is 1.33. The predicted octanol–water partition coefficient (Wildman–Crippen LogP) is 4.97. The van der Waals surface area contributed by atoms with E-state index >= 15 is 0 Å². The summed E-state index contributed by atoms with van der Waals surface area (Å²) in [6, 6.07) is 8.35. The highest BCUT2D eigenvalue weighted by Gasteiger charge is 2.35. The van der Waals surface area contributed by atoms with Crippen molar-refractivity contribution in [1.82, 2.24) is 0 Å². The minimum absolute atomic E-state index is 0.189. The molecule has 0 spiro atoms. The molecule has 2 aromatic carbocycles. The molecule has 6 heteroatoms. The second-order valence-electron chi connectivity index (χ2n) is 3.92. The number of hydrogen-bond donors (Lipinski definition) is 0. The van der Waals surface area contributed by atoms with E-state index in [9.17, 15) is 17.6 Å².